The summed E-state index contributed by atoms with van der Waals surface area (Å²) in [5.41, 5.74) is 21.3. The molecule has 0 spiro atoms. The number of non-ortho nitro benzene ring substituents is 1. The number of nitrogens with one attached hydrogen (secondary N) is 4. The van der Waals surface area contributed by atoms with E-state index in [4.69, 9.17) is 145 Å². The van der Waals surface area contributed by atoms with Gasteiger partial charge in [-0.3, -0.25) is 35.0 Å². The molecule has 1 saturated heterocycles. The molecule has 4 heterocycles. The Morgan fingerprint density at radius 2 is 0.920 bits per heavy atom. The number of nitrogens with zero attached hydrogens (tertiary/aromatic N) is 8. The molecule has 0 aromatic heterocycles. The van der Waals surface area contributed by atoms with Crippen molar-refractivity contribution in [1.82, 2.24) is 40.9 Å². The molecule has 4 aliphatic heterocycles. The first kappa shape index (κ1) is 133. The minimum atomic E-state index is -1.82. The Bertz CT molecular complexity index is 4370. The van der Waals surface area contributed by atoms with Crippen LogP contribution in [0.3, 0.4) is 0 Å². The van der Waals surface area contributed by atoms with Gasteiger partial charge in [-0.25, -0.2) is 43.5 Å². The lowest BCUT2D eigenvalue weighted by Crippen LogP contribution is -2.61. The van der Waals surface area contributed by atoms with Crippen LogP contribution in [-0.4, -0.2) is 491 Å². The Labute approximate surface area is 873 Å². The van der Waals surface area contributed by atoms with Crippen molar-refractivity contribution in [3.05, 3.63) is 69.9 Å². The van der Waals surface area contributed by atoms with E-state index in [0.717, 1.165) is 68.7 Å². The molecule has 1 aromatic carbocycles. The largest absolute Gasteiger partial charge is 0.514 e. The summed E-state index contributed by atoms with van der Waals surface area (Å²) in [5.74, 6) is -3.98. The lowest BCUT2D eigenvalue weighted by Gasteiger charge is -2.40. The number of amidine groups is 1. The predicted molar refractivity (Wildman–Crippen MR) is 537 cm³/mol. The van der Waals surface area contributed by atoms with Crippen molar-refractivity contribution >= 4 is 71.7 Å². The molecule has 15 atom stereocenters. The Hall–Kier alpha value is -11.3. The third-order valence-electron chi connectivity index (χ3n) is 21.5. The number of aliphatic carboxylic acids is 2. The van der Waals surface area contributed by atoms with Gasteiger partial charge in [-0.05, 0) is 86.0 Å². The first-order valence-electron chi connectivity index (χ1n) is 48.6. The van der Waals surface area contributed by atoms with Crippen LogP contribution >= 0.6 is 0 Å². The summed E-state index contributed by atoms with van der Waals surface area (Å²) in [5, 5.41) is 82.7. The van der Waals surface area contributed by atoms with Gasteiger partial charge in [0, 0.05) is 110 Å². The van der Waals surface area contributed by atoms with E-state index in [1.165, 1.54) is 57.6 Å². The number of aliphatic hydroxyl groups excluding tert-OH is 4. The Morgan fingerprint density at radius 3 is 1.31 bits per heavy atom. The summed E-state index contributed by atoms with van der Waals surface area (Å²) in [6.45, 7) is 28.1. The first-order valence-corrected chi connectivity index (χ1v) is 48.6. The number of alkyl carbamates (subject to hydrolysis) is 1. The number of aliphatic hydroxyl groups is 4. The number of methoxy groups -OCH3 is 1. The number of terminal acetylenes is 2. The maximum atomic E-state index is 13.4. The molecule has 0 saturated carbocycles. The highest BCUT2D eigenvalue weighted by Crippen LogP contribution is 2.37. The molecule has 0 unspecified atom stereocenters. The molecule has 852 valence electrons. The molecule has 1 aromatic rings. The Morgan fingerprint density at radius 1 is 0.547 bits per heavy atom. The fraction of sp³-hybridized carbons (Fsp3) is 0.716. The molecule has 4 amide bonds. The summed E-state index contributed by atoms with van der Waals surface area (Å²) >= 11 is 0. The Kier molecular flexibility index (Phi) is 66.7. The number of nitro benzene ring substituents is 1. The second kappa shape index (κ2) is 75.4. The third-order valence-corrected chi connectivity index (χ3v) is 21.5. The van der Waals surface area contributed by atoms with Crippen molar-refractivity contribution in [3.63, 3.8) is 0 Å². The molecule has 0 aliphatic carbocycles. The summed E-state index contributed by atoms with van der Waals surface area (Å²) in [7, 11) is 7.79. The Balaban J connectivity index is 0.000000658. The number of rotatable bonds is 70. The van der Waals surface area contributed by atoms with Crippen LogP contribution in [0.15, 0.2) is 74.7 Å². The number of nitro groups is 1. The van der Waals surface area contributed by atoms with Gasteiger partial charge in [-0.1, -0.05) is 25.7 Å². The van der Waals surface area contributed by atoms with Crippen molar-refractivity contribution in [3.8, 4) is 30.4 Å². The van der Waals surface area contributed by atoms with Gasteiger partial charge in [0.15, 0.2) is 42.1 Å². The van der Waals surface area contributed by atoms with E-state index < -0.39 is 186 Å². The highest BCUT2D eigenvalue weighted by molar-refractivity contribution is 5.94. The van der Waals surface area contributed by atoms with E-state index in [-0.39, 0.29) is 81.7 Å². The SMILES string of the molecule is C#CCOCCOCCOCCOCCN(CCOCCN(C)C(=O)O[C@@H]([C@@H]1OC(C(=O)O)=C[C@H](N=C(N)N)[C@H]1C)[C@H](O)CO)CCOCCN(C)C(=O)O[C@@H]([C@@H]1OC(C(=O)O)=C[C@H](N=C(N)N)[C@H]1NC(C)=O)[C@H](O)CO.C#CCOCCOCCOCCOCCN(CCOCCNC)CCOCCNC.COC(=O)C1=C[C@H](N=C(C)NC(=O)OC(C)(C)C)[C@@H](C)[C@H]([C@H](OC(=O)Oc2ccc([N+](=O)[O-])cc2)[C@H]2COC(C)(C)O2)O1. The predicted octanol–water partition coefficient (Wildman–Crippen LogP) is -1.75. The number of aliphatic imine (C=N–C) groups is 3. The zero-order valence-electron chi connectivity index (χ0n) is 88.1. The number of carboxylic acids is 2. The highest BCUT2D eigenvalue weighted by Gasteiger charge is 2.51. The monoisotopic (exact) mass is 2150 g/mol. The zero-order valence-corrected chi connectivity index (χ0v) is 88.1. The summed E-state index contributed by atoms with van der Waals surface area (Å²) in [4.78, 5) is 130. The molecule has 55 heteroatoms. The van der Waals surface area contributed by atoms with Crippen LogP contribution < -0.4 is 48.9 Å². The van der Waals surface area contributed by atoms with Gasteiger partial charge in [0.25, 0.3) is 5.69 Å². The van der Waals surface area contributed by atoms with Gasteiger partial charge in [-0.15, -0.1) is 12.8 Å². The zero-order chi connectivity index (χ0) is 112. The van der Waals surface area contributed by atoms with Crippen molar-refractivity contribution in [2.24, 2.45) is 49.7 Å². The van der Waals surface area contributed by atoms with E-state index in [0.29, 0.717) is 132 Å². The number of nitrogens with two attached hydrogens (primary N) is 4. The number of carboxylic acid groups (broad SMARTS) is 2. The smallest absolute Gasteiger partial charge is 0.479 e. The number of amides is 4. The minimum Gasteiger partial charge on any atom is -0.479 e. The minimum absolute atomic E-state index is 0.00246. The molecule has 0 radical (unpaired) electrons. The topological polar surface area (TPSA) is 716 Å². The van der Waals surface area contributed by atoms with E-state index in [1.54, 1.807) is 55.4 Å². The second-order valence-electron chi connectivity index (χ2n) is 34.9. The normalized spacial score (nSPS) is 19.7. The summed E-state index contributed by atoms with van der Waals surface area (Å²) in [6.07, 6.45) is -2.71. The lowest BCUT2D eigenvalue weighted by molar-refractivity contribution is -0.384. The van der Waals surface area contributed by atoms with Crippen LogP contribution in [0.25, 0.3) is 0 Å². The maximum Gasteiger partial charge on any atom is 0.514 e. The highest BCUT2D eigenvalue weighted by atomic mass is 16.8. The van der Waals surface area contributed by atoms with Crippen LogP contribution in [0.1, 0.15) is 62.3 Å². The molecule has 0 bridgehead atoms. The number of carbonyl (C=O) groups excluding carboxylic acids is 6. The molecule has 1 fully saturated rings. The van der Waals surface area contributed by atoms with Crippen LogP contribution in [0.4, 0.5) is 24.9 Å². The van der Waals surface area contributed by atoms with Crippen LogP contribution in [0.5, 0.6) is 5.75 Å². The number of ether oxygens (including phenoxy) is 23. The molecule has 18 N–H and O–H groups in total. The molecular weight excluding hydrogens is 1990 g/mol. The standard InChI is InChI=1S/C46H78N10O21.C28H37N3O12.C21H43N3O6/c1-6-12-68-18-20-72-22-23-73-21-19-71-17-11-56(9-15-69-13-7-54(4)45(66)76-38(32(60)26-57)37-28(2)30(52-43(47)48)24-34(74-37)41(62)63)10-16-70-14-8-55(5)46(67)77-39(33(61)27-58)40-36(51-29(3)59)31(53-44(49)50)25-35(75-40)42(64)65;1-15-19(29-16(2)30-25(33)43-27(3,4)5)13-20(24(32)37-8)40-22(15)23(21-14-38-28(6,7)42-21)41-26(34)39-18-11-9-17(10-12-18)31(35)36;1-4-10-25-16-18-29-20-21-30-19-17-28-15-9-24(7-13-26-11-5-22-2)8-14-27-12-6-23-3/h1,24-25,28,30-33,36-40,57-58,60-61H,7-23,26-27H2,2-5H3,(H,51,59)(H,62,63)(H,64,65)(H4,47,48,52)(H4,49,50,53);9-13,15,19,21-23H,14H2,1-8H3,(H,29,30,33);1,22-23H,5-21H2,2-3H3/t28-,30+,31+,32-,33-,36-,37-,38-,39-,40-;15-,19+,21-,22-,23-;/m11./s1. The van der Waals surface area contributed by atoms with Crippen molar-refractivity contribution in [1.29, 1.82) is 0 Å². The molecular formula is C95H158N16O39. The maximum absolute atomic E-state index is 13.4. The van der Waals surface area contributed by atoms with E-state index >= 15 is 0 Å². The molecule has 55 nitrogen and oxygen atoms in total. The molecule has 5 rings (SSSR count). The van der Waals surface area contributed by atoms with Crippen molar-refractivity contribution in [2.45, 2.75) is 153 Å². The number of hydrogen-bond acceptors (Lipinski definition) is 44. The van der Waals surface area contributed by atoms with Gasteiger partial charge >= 0.3 is 42.3 Å². The average molecular weight is 2150 g/mol. The number of esters is 1. The van der Waals surface area contributed by atoms with Gasteiger partial charge in [0.2, 0.25) is 23.2 Å². The molecule has 150 heavy (non-hydrogen) atoms. The van der Waals surface area contributed by atoms with Crippen LogP contribution in [0.2, 0.25) is 0 Å². The number of benzene rings is 1. The molecule has 4 aliphatic rings. The van der Waals surface area contributed by atoms with Crippen molar-refractivity contribution < 1.29 is 183 Å². The number of carbonyl (C=O) groups is 8. The first-order chi connectivity index (χ1) is 71.5. The lowest BCUT2D eigenvalue weighted by atomic mass is 9.87. The van der Waals surface area contributed by atoms with E-state index in [1.807, 2.05) is 19.0 Å². The summed E-state index contributed by atoms with van der Waals surface area (Å²) in [6, 6.07) is 0.651. The third kappa shape index (κ3) is 55.6. The van der Waals surface area contributed by atoms with Gasteiger partial charge in [0.1, 0.15) is 60.9 Å². The average Bonchev–Trinajstić information content (AvgIpc) is 1.28. The quantitative estimate of drug-likeness (QED) is 0.00396. The van der Waals surface area contributed by atoms with E-state index in [2.05, 4.69) is 53.0 Å². The number of hydrogen-bond donors (Lipinski definition) is 14. The number of likely N-dealkylation sites (N-methyl/N-ethyl adjacent to an activating group) is 4. The van der Waals surface area contributed by atoms with Crippen molar-refractivity contribution in [2.75, 3.05) is 279 Å². The summed E-state index contributed by atoms with van der Waals surface area (Å²) < 4.78 is 128. The van der Waals surface area contributed by atoms with Gasteiger partial charge in [0.05, 0.1) is 201 Å². The number of guanidine groups is 2. The van der Waals surface area contributed by atoms with Gasteiger partial charge in [-0.2, -0.15) is 0 Å². The van der Waals surface area contributed by atoms with E-state index in [9.17, 15) is 79.1 Å². The fourth-order valence-electron chi connectivity index (χ4n) is 13.9. The second-order valence-corrected chi connectivity index (χ2v) is 34.9. The van der Waals surface area contributed by atoms with Gasteiger partial charge < -0.3 is 188 Å². The van der Waals surface area contributed by atoms with Crippen LogP contribution in [-0.2, 0) is 123 Å². The van der Waals surface area contributed by atoms with Crippen LogP contribution in [0, 0.1) is 46.6 Å². The fourth-order valence-corrected chi connectivity index (χ4v) is 13.9.